The monoisotopic (exact) mass is 278 g/mol. The topological polar surface area (TPSA) is 127 Å². The maximum absolute atomic E-state index is 10.8. The molecule has 0 amide bonds. The SMILES string of the molecule is C/C=C/C=C/C(=O)OCC(O)CO.OCC(O)CO. The molecule has 0 saturated carbocycles. The highest BCUT2D eigenvalue weighted by Crippen LogP contribution is 1.87. The minimum atomic E-state index is -1.00. The van der Waals surface area contributed by atoms with Crippen molar-refractivity contribution in [2.24, 2.45) is 0 Å². The maximum atomic E-state index is 10.8. The number of rotatable bonds is 7. The van der Waals surface area contributed by atoms with E-state index in [9.17, 15) is 4.79 Å². The first-order chi connectivity index (χ1) is 9.01. The van der Waals surface area contributed by atoms with E-state index in [4.69, 9.17) is 25.5 Å². The van der Waals surface area contributed by atoms with Gasteiger partial charge in [0.1, 0.15) is 18.8 Å². The normalized spacial score (nSPS) is 12.6. The second kappa shape index (κ2) is 14.8. The van der Waals surface area contributed by atoms with Crippen molar-refractivity contribution >= 4 is 5.97 Å². The summed E-state index contributed by atoms with van der Waals surface area (Å²) in [5, 5.41) is 41.2. The van der Waals surface area contributed by atoms with E-state index in [-0.39, 0.29) is 19.8 Å². The molecule has 0 aliphatic heterocycles. The molecular weight excluding hydrogens is 256 g/mol. The summed E-state index contributed by atoms with van der Waals surface area (Å²) >= 11 is 0. The van der Waals surface area contributed by atoms with Crippen molar-refractivity contribution in [3.8, 4) is 0 Å². The van der Waals surface area contributed by atoms with E-state index >= 15 is 0 Å². The molecule has 0 saturated heterocycles. The van der Waals surface area contributed by atoms with Gasteiger partial charge in [0.25, 0.3) is 0 Å². The molecule has 0 spiro atoms. The third-order valence-corrected chi connectivity index (χ3v) is 1.59. The van der Waals surface area contributed by atoms with E-state index in [0.717, 1.165) is 0 Å². The van der Waals surface area contributed by atoms with Crippen LogP contribution in [0.3, 0.4) is 0 Å². The lowest BCUT2D eigenvalue weighted by Gasteiger charge is -2.05. The Bertz CT molecular complexity index is 259. The lowest BCUT2D eigenvalue weighted by atomic mass is 10.4. The Morgan fingerprint density at radius 3 is 1.95 bits per heavy atom. The van der Waals surface area contributed by atoms with Crippen LogP contribution in [0, 0.1) is 0 Å². The predicted octanol–water partition coefficient (Wildman–Crippen LogP) is -1.65. The van der Waals surface area contributed by atoms with Crippen molar-refractivity contribution in [2.75, 3.05) is 26.4 Å². The van der Waals surface area contributed by atoms with Gasteiger partial charge in [-0.3, -0.25) is 0 Å². The van der Waals surface area contributed by atoms with Crippen LogP contribution in [0.5, 0.6) is 0 Å². The summed E-state index contributed by atoms with van der Waals surface area (Å²) in [5.74, 6) is -0.536. The molecule has 7 heteroatoms. The molecule has 0 aliphatic rings. The number of hydrogen-bond acceptors (Lipinski definition) is 7. The molecule has 0 aromatic heterocycles. The fraction of sp³-hybridized carbons (Fsp3) is 0.583. The molecule has 112 valence electrons. The molecule has 1 unspecified atom stereocenters. The molecule has 0 bridgehead atoms. The van der Waals surface area contributed by atoms with Crippen LogP contribution in [0.25, 0.3) is 0 Å². The van der Waals surface area contributed by atoms with E-state index < -0.39 is 24.8 Å². The van der Waals surface area contributed by atoms with Gasteiger partial charge in [0.2, 0.25) is 0 Å². The molecule has 0 heterocycles. The van der Waals surface area contributed by atoms with Crippen LogP contribution in [-0.2, 0) is 9.53 Å². The summed E-state index contributed by atoms with van der Waals surface area (Å²) in [7, 11) is 0. The summed E-state index contributed by atoms with van der Waals surface area (Å²) in [6.45, 7) is 0.500. The number of allylic oxidation sites excluding steroid dienone is 3. The summed E-state index contributed by atoms with van der Waals surface area (Å²) in [4.78, 5) is 10.8. The summed E-state index contributed by atoms with van der Waals surface area (Å²) in [6.07, 6.45) is 4.28. The third-order valence-electron chi connectivity index (χ3n) is 1.59. The Morgan fingerprint density at radius 2 is 1.58 bits per heavy atom. The highest BCUT2D eigenvalue weighted by molar-refractivity contribution is 5.82. The van der Waals surface area contributed by atoms with Crippen molar-refractivity contribution < 1.29 is 35.1 Å². The van der Waals surface area contributed by atoms with Crippen molar-refractivity contribution in [1.29, 1.82) is 0 Å². The maximum Gasteiger partial charge on any atom is 0.330 e. The smallest absolute Gasteiger partial charge is 0.330 e. The summed E-state index contributed by atoms with van der Waals surface area (Å²) in [5.41, 5.74) is 0. The first-order valence-corrected chi connectivity index (χ1v) is 5.66. The van der Waals surface area contributed by atoms with Crippen LogP contribution in [0.2, 0.25) is 0 Å². The number of carbonyl (C=O) groups excluding carboxylic acids is 1. The van der Waals surface area contributed by atoms with Gasteiger partial charge < -0.3 is 30.3 Å². The zero-order valence-corrected chi connectivity index (χ0v) is 10.8. The molecule has 5 N–H and O–H groups in total. The molecule has 0 radical (unpaired) electrons. The Hall–Kier alpha value is -1.25. The Morgan fingerprint density at radius 1 is 1.05 bits per heavy atom. The van der Waals surface area contributed by atoms with E-state index in [0.29, 0.717) is 0 Å². The van der Waals surface area contributed by atoms with Gasteiger partial charge in [0.05, 0.1) is 19.8 Å². The molecule has 19 heavy (non-hydrogen) atoms. The highest BCUT2D eigenvalue weighted by Gasteiger charge is 2.03. The molecule has 7 nitrogen and oxygen atoms in total. The fourth-order valence-corrected chi connectivity index (χ4v) is 0.582. The van der Waals surface area contributed by atoms with E-state index in [2.05, 4.69) is 4.74 Å². The van der Waals surface area contributed by atoms with Crippen LogP contribution in [0.1, 0.15) is 6.92 Å². The van der Waals surface area contributed by atoms with Gasteiger partial charge >= 0.3 is 5.97 Å². The second-order valence-electron chi connectivity index (χ2n) is 3.37. The number of aliphatic hydroxyl groups excluding tert-OH is 5. The predicted molar refractivity (Wildman–Crippen MR) is 68.2 cm³/mol. The average molecular weight is 278 g/mol. The van der Waals surface area contributed by atoms with Gasteiger partial charge in [-0.2, -0.15) is 0 Å². The van der Waals surface area contributed by atoms with Crippen molar-refractivity contribution in [3.63, 3.8) is 0 Å². The summed E-state index contributed by atoms with van der Waals surface area (Å²) in [6, 6.07) is 0. The molecule has 0 aromatic rings. The van der Waals surface area contributed by atoms with Crippen molar-refractivity contribution in [3.05, 3.63) is 24.3 Å². The van der Waals surface area contributed by atoms with Crippen molar-refractivity contribution in [1.82, 2.24) is 0 Å². The van der Waals surface area contributed by atoms with Gasteiger partial charge in [-0.1, -0.05) is 18.2 Å². The third kappa shape index (κ3) is 16.8. The highest BCUT2D eigenvalue weighted by atomic mass is 16.5. The van der Waals surface area contributed by atoms with Crippen molar-refractivity contribution in [2.45, 2.75) is 19.1 Å². The van der Waals surface area contributed by atoms with Gasteiger partial charge in [-0.15, -0.1) is 0 Å². The minimum absolute atomic E-state index is 0.185. The van der Waals surface area contributed by atoms with Crippen LogP contribution in [-0.4, -0.2) is 70.1 Å². The molecule has 1 atom stereocenters. The number of carbonyl (C=O) groups is 1. The minimum Gasteiger partial charge on any atom is -0.460 e. The van der Waals surface area contributed by atoms with Gasteiger partial charge in [-0.25, -0.2) is 4.79 Å². The lowest BCUT2D eigenvalue weighted by molar-refractivity contribution is -0.141. The van der Waals surface area contributed by atoms with Gasteiger partial charge in [-0.05, 0) is 6.92 Å². The molecule has 0 fully saturated rings. The van der Waals surface area contributed by atoms with Crippen LogP contribution < -0.4 is 0 Å². The Labute approximate surface area is 112 Å². The number of hydrogen-bond donors (Lipinski definition) is 5. The summed E-state index contributed by atoms with van der Waals surface area (Å²) < 4.78 is 4.57. The quantitative estimate of drug-likeness (QED) is 0.214. The van der Waals surface area contributed by atoms with Crippen LogP contribution in [0.4, 0.5) is 0 Å². The number of esters is 1. The number of ether oxygens (including phenoxy) is 1. The first-order valence-electron chi connectivity index (χ1n) is 5.66. The molecule has 0 aliphatic carbocycles. The molecule has 0 rings (SSSR count). The van der Waals surface area contributed by atoms with Gasteiger partial charge in [0, 0.05) is 6.08 Å². The van der Waals surface area contributed by atoms with Crippen LogP contribution in [0.15, 0.2) is 24.3 Å². The van der Waals surface area contributed by atoms with E-state index in [1.165, 1.54) is 12.2 Å². The average Bonchev–Trinajstić information content (AvgIpc) is 2.44. The Kier molecular flexibility index (Phi) is 15.6. The van der Waals surface area contributed by atoms with Crippen LogP contribution >= 0.6 is 0 Å². The number of aliphatic hydroxyl groups is 5. The molecule has 0 aromatic carbocycles. The standard InChI is InChI=1S/C9H14O4.C3H8O3/c1-2-3-4-5-9(12)13-7-8(11)6-10;4-1-3(6)2-5/h2-5,8,10-11H,6-7H2,1H3;3-6H,1-2H2/b3-2+,5-4+;. The zero-order valence-electron chi connectivity index (χ0n) is 10.8. The van der Waals surface area contributed by atoms with E-state index in [1.54, 1.807) is 12.2 Å². The van der Waals surface area contributed by atoms with E-state index in [1.807, 2.05) is 6.92 Å². The molecular formula is C12H22O7. The lowest BCUT2D eigenvalue weighted by Crippen LogP contribution is -2.21. The zero-order chi connectivity index (χ0) is 15.1. The largest absolute Gasteiger partial charge is 0.460 e. The fourth-order valence-electron chi connectivity index (χ4n) is 0.582. The van der Waals surface area contributed by atoms with Gasteiger partial charge in [0.15, 0.2) is 0 Å². The Balaban J connectivity index is 0. The first kappa shape index (κ1) is 20.1. The second-order valence-corrected chi connectivity index (χ2v) is 3.37.